The van der Waals surface area contributed by atoms with Gasteiger partial charge in [-0.15, -0.1) is 0 Å². The van der Waals surface area contributed by atoms with Crippen LogP contribution in [0.15, 0.2) is 30.5 Å². The number of fused-ring (bicyclic) bond motifs is 1. The number of nitrogens with one attached hydrogen (secondary N) is 2. The number of rotatable bonds is 6. The molecular weight excluding hydrogens is 212 g/mol. The van der Waals surface area contributed by atoms with Crippen LogP contribution in [0.5, 0.6) is 0 Å². The van der Waals surface area contributed by atoms with Gasteiger partial charge in [-0.2, -0.15) is 0 Å². The van der Waals surface area contributed by atoms with Gasteiger partial charge in [-0.1, -0.05) is 18.2 Å². The van der Waals surface area contributed by atoms with Crippen LogP contribution < -0.4 is 5.32 Å². The van der Waals surface area contributed by atoms with E-state index in [1.54, 1.807) is 0 Å². The number of hydrogen-bond acceptors (Lipinski definition) is 2. The van der Waals surface area contributed by atoms with Crippen molar-refractivity contribution in [3.05, 3.63) is 36.0 Å². The van der Waals surface area contributed by atoms with E-state index in [9.17, 15) is 4.79 Å². The van der Waals surface area contributed by atoms with Gasteiger partial charge in [0.15, 0.2) is 5.78 Å². The third-order valence-corrected chi connectivity index (χ3v) is 2.97. The van der Waals surface area contributed by atoms with E-state index in [1.807, 2.05) is 37.5 Å². The minimum Gasteiger partial charge on any atom is -0.360 e. The maximum absolute atomic E-state index is 12.0. The number of aromatic nitrogens is 1. The van der Waals surface area contributed by atoms with Crippen molar-refractivity contribution >= 4 is 16.7 Å². The highest BCUT2D eigenvalue weighted by molar-refractivity contribution is 6.07. The molecule has 2 N–H and O–H groups in total. The van der Waals surface area contributed by atoms with E-state index in [-0.39, 0.29) is 5.78 Å². The van der Waals surface area contributed by atoms with Gasteiger partial charge in [0.2, 0.25) is 0 Å². The van der Waals surface area contributed by atoms with Crippen LogP contribution in [0, 0.1) is 0 Å². The number of H-pyrrole nitrogens is 1. The number of carbonyl (C=O) groups is 1. The molecule has 1 aromatic carbocycles. The van der Waals surface area contributed by atoms with Crippen molar-refractivity contribution in [1.82, 2.24) is 10.3 Å². The van der Waals surface area contributed by atoms with Gasteiger partial charge >= 0.3 is 0 Å². The third-order valence-electron chi connectivity index (χ3n) is 2.97. The van der Waals surface area contributed by atoms with E-state index >= 15 is 0 Å². The second kappa shape index (κ2) is 5.64. The van der Waals surface area contributed by atoms with Crippen LogP contribution in [0.2, 0.25) is 0 Å². The molecule has 0 aliphatic carbocycles. The third kappa shape index (κ3) is 2.74. The van der Waals surface area contributed by atoms with Crippen molar-refractivity contribution in [1.29, 1.82) is 0 Å². The Morgan fingerprint density at radius 1 is 1.29 bits per heavy atom. The summed E-state index contributed by atoms with van der Waals surface area (Å²) >= 11 is 0. The summed E-state index contributed by atoms with van der Waals surface area (Å²) in [6.07, 6.45) is 4.44. The quantitative estimate of drug-likeness (QED) is 0.592. The van der Waals surface area contributed by atoms with Gasteiger partial charge in [-0.3, -0.25) is 4.79 Å². The summed E-state index contributed by atoms with van der Waals surface area (Å²) in [7, 11) is 1.93. The first-order chi connectivity index (χ1) is 8.33. The van der Waals surface area contributed by atoms with Crippen LogP contribution >= 0.6 is 0 Å². The molecule has 2 rings (SSSR count). The van der Waals surface area contributed by atoms with Crippen molar-refractivity contribution in [2.24, 2.45) is 0 Å². The smallest absolute Gasteiger partial charge is 0.165 e. The average Bonchev–Trinajstić information content (AvgIpc) is 2.78. The summed E-state index contributed by atoms with van der Waals surface area (Å²) in [5.74, 6) is 0.235. The fourth-order valence-electron chi connectivity index (χ4n) is 2.02. The van der Waals surface area contributed by atoms with Crippen LogP contribution in [0.1, 0.15) is 29.6 Å². The van der Waals surface area contributed by atoms with E-state index < -0.39 is 0 Å². The lowest BCUT2D eigenvalue weighted by atomic mass is 10.0. The Bertz CT molecular complexity index is 502. The monoisotopic (exact) mass is 230 g/mol. The number of hydrogen-bond donors (Lipinski definition) is 2. The van der Waals surface area contributed by atoms with Gasteiger partial charge in [0.1, 0.15) is 0 Å². The fraction of sp³-hybridized carbons (Fsp3) is 0.357. The zero-order valence-electron chi connectivity index (χ0n) is 10.1. The first kappa shape index (κ1) is 11.9. The Labute approximate surface area is 101 Å². The van der Waals surface area contributed by atoms with Crippen LogP contribution in [-0.4, -0.2) is 24.4 Å². The molecule has 0 spiro atoms. The lowest BCUT2D eigenvalue weighted by Gasteiger charge is -2.00. The minimum absolute atomic E-state index is 0.235. The zero-order chi connectivity index (χ0) is 12.1. The standard InChI is InChI=1S/C14H18N2O/c1-15-9-5-4-8-14(17)12-10-16-13-7-3-2-6-11(12)13/h2-3,6-7,10,15-16H,4-5,8-9H2,1H3. The van der Waals surface area contributed by atoms with Crippen LogP contribution in [0.4, 0.5) is 0 Å². The van der Waals surface area contributed by atoms with Gasteiger partial charge in [-0.05, 0) is 32.5 Å². The number of ketones is 1. The average molecular weight is 230 g/mol. The molecule has 3 heteroatoms. The molecule has 0 saturated heterocycles. The first-order valence-electron chi connectivity index (χ1n) is 6.07. The van der Waals surface area contributed by atoms with Crippen LogP contribution in [0.3, 0.4) is 0 Å². The molecule has 1 heterocycles. The second-order valence-electron chi connectivity index (χ2n) is 4.23. The molecule has 17 heavy (non-hydrogen) atoms. The highest BCUT2D eigenvalue weighted by Crippen LogP contribution is 2.19. The largest absolute Gasteiger partial charge is 0.360 e. The highest BCUT2D eigenvalue weighted by atomic mass is 16.1. The Morgan fingerprint density at radius 3 is 2.94 bits per heavy atom. The fourth-order valence-corrected chi connectivity index (χ4v) is 2.02. The Kier molecular flexibility index (Phi) is 3.94. The molecule has 2 aromatic rings. The van der Waals surface area contributed by atoms with Crippen molar-refractivity contribution in [2.45, 2.75) is 19.3 Å². The van der Waals surface area contributed by atoms with E-state index in [2.05, 4.69) is 10.3 Å². The van der Waals surface area contributed by atoms with E-state index in [4.69, 9.17) is 0 Å². The molecule has 1 aromatic heterocycles. The Balaban J connectivity index is 2.04. The summed E-state index contributed by atoms with van der Waals surface area (Å²) in [5, 5.41) is 4.12. The van der Waals surface area contributed by atoms with E-state index in [0.717, 1.165) is 35.9 Å². The number of carbonyl (C=O) groups excluding carboxylic acids is 1. The van der Waals surface area contributed by atoms with Crippen molar-refractivity contribution in [2.75, 3.05) is 13.6 Å². The van der Waals surface area contributed by atoms with E-state index in [0.29, 0.717) is 6.42 Å². The lowest BCUT2D eigenvalue weighted by molar-refractivity contribution is 0.0981. The Morgan fingerprint density at radius 2 is 2.12 bits per heavy atom. The molecule has 0 fully saturated rings. The normalized spacial score (nSPS) is 10.9. The summed E-state index contributed by atoms with van der Waals surface area (Å²) in [6, 6.07) is 7.92. The van der Waals surface area contributed by atoms with E-state index in [1.165, 1.54) is 0 Å². The number of aromatic amines is 1. The predicted molar refractivity (Wildman–Crippen MR) is 70.4 cm³/mol. The van der Waals surface area contributed by atoms with Gasteiger partial charge in [-0.25, -0.2) is 0 Å². The van der Waals surface area contributed by atoms with Crippen LogP contribution in [0.25, 0.3) is 10.9 Å². The second-order valence-corrected chi connectivity index (χ2v) is 4.23. The number of unbranched alkanes of at least 4 members (excludes halogenated alkanes) is 1. The molecule has 0 saturated carbocycles. The zero-order valence-corrected chi connectivity index (χ0v) is 10.1. The molecule has 0 unspecified atom stereocenters. The molecule has 0 atom stereocenters. The molecule has 0 amide bonds. The van der Waals surface area contributed by atoms with Gasteiger partial charge in [0.25, 0.3) is 0 Å². The molecule has 0 radical (unpaired) electrons. The number of Topliss-reactive ketones (excluding diaryl/α,β-unsaturated/α-hetero) is 1. The van der Waals surface area contributed by atoms with Crippen molar-refractivity contribution in [3.63, 3.8) is 0 Å². The summed E-state index contributed by atoms with van der Waals surface area (Å²) < 4.78 is 0. The van der Waals surface area contributed by atoms with Crippen molar-refractivity contribution < 1.29 is 4.79 Å². The minimum atomic E-state index is 0.235. The maximum atomic E-state index is 12.0. The van der Waals surface area contributed by atoms with Gasteiger partial charge in [0, 0.05) is 29.1 Å². The van der Waals surface area contributed by atoms with Gasteiger partial charge < -0.3 is 10.3 Å². The molecule has 0 aliphatic heterocycles. The van der Waals surface area contributed by atoms with Crippen LogP contribution in [-0.2, 0) is 0 Å². The predicted octanol–water partition coefficient (Wildman–Crippen LogP) is 2.74. The summed E-state index contributed by atoms with van der Waals surface area (Å²) in [6.45, 7) is 0.973. The molecular formula is C14H18N2O. The van der Waals surface area contributed by atoms with Crippen molar-refractivity contribution in [3.8, 4) is 0 Å². The maximum Gasteiger partial charge on any atom is 0.165 e. The highest BCUT2D eigenvalue weighted by Gasteiger charge is 2.10. The van der Waals surface area contributed by atoms with Gasteiger partial charge in [0.05, 0.1) is 0 Å². The molecule has 3 nitrogen and oxygen atoms in total. The number of para-hydroxylation sites is 1. The Hall–Kier alpha value is -1.61. The summed E-state index contributed by atoms with van der Waals surface area (Å²) in [5.41, 5.74) is 1.86. The molecule has 0 bridgehead atoms. The lowest BCUT2D eigenvalue weighted by Crippen LogP contribution is -2.08. The number of benzene rings is 1. The molecule has 90 valence electrons. The summed E-state index contributed by atoms with van der Waals surface area (Å²) in [4.78, 5) is 15.2. The topological polar surface area (TPSA) is 44.9 Å². The molecule has 0 aliphatic rings. The first-order valence-corrected chi connectivity index (χ1v) is 6.07. The SMILES string of the molecule is CNCCCCC(=O)c1c[nH]c2ccccc12.